The largest absolute Gasteiger partial charge is 0.388 e. The van der Waals surface area contributed by atoms with Gasteiger partial charge >= 0.3 is 0 Å². The van der Waals surface area contributed by atoms with Crippen LogP contribution in [0.15, 0.2) is 29.2 Å². The zero-order chi connectivity index (χ0) is 10.7. The summed E-state index contributed by atoms with van der Waals surface area (Å²) in [7, 11) is 0. The highest BCUT2D eigenvalue weighted by Crippen LogP contribution is 2.19. The highest BCUT2D eigenvalue weighted by Gasteiger charge is 2.11. The van der Waals surface area contributed by atoms with Gasteiger partial charge in [-0.3, -0.25) is 0 Å². The Morgan fingerprint density at radius 1 is 1.60 bits per heavy atom. The minimum Gasteiger partial charge on any atom is -0.388 e. The van der Waals surface area contributed by atoms with Crippen molar-refractivity contribution in [1.82, 2.24) is 9.55 Å². The molecule has 0 amide bonds. The van der Waals surface area contributed by atoms with Crippen LogP contribution in [0.3, 0.4) is 0 Å². The Morgan fingerprint density at radius 2 is 2.47 bits per heavy atom. The van der Waals surface area contributed by atoms with Crippen molar-refractivity contribution >= 4 is 11.3 Å². The van der Waals surface area contributed by atoms with Crippen LogP contribution in [0.4, 0.5) is 0 Å². The van der Waals surface area contributed by atoms with Gasteiger partial charge in [0.15, 0.2) is 0 Å². The summed E-state index contributed by atoms with van der Waals surface area (Å²) in [6.45, 7) is 2.97. The lowest BCUT2D eigenvalue weighted by atomic mass is 10.1. The van der Waals surface area contributed by atoms with Gasteiger partial charge in [0.25, 0.3) is 0 Å². The maximum absolute atomic E-state index is 9.95. The molecule has 0 bridgehead atoms. The van der Waals surface area contributed by atoms with Gasteiger partial charge in [0.2, 0.25) is 0 Å². The van der Waals surface area contributed by atoms with Crippen LogP contribution in [0.2, 0.25) is 0 Å². The second-order valence-electron chi connectivity index (χ2n) is 3.41. The smallest absolute Gasteiger partial charge is 0.111 e. The van der Waals surface area contributed by atoms with Gasteiger partial charge in [0.1, 0.15) is 5.82 Å². The Hall–Kier alpha value is -1.13. The van der Waals surface area contributed by atoms with Crippen LogP contribution in [0, 0.1) is 0 Å². The molecule has 15 heavy (non-hydrogen) atoms. The molecule has 1 atom stereocenters. The molecule has 1 unspecified atom stereocenters. The van der Waals surface area contributed by atoms with E-state index in [2.05, 4.69) is 16.5 Å². The summed E-state index contributed by atoms with van der Waals surface area (Å²) in [5.74, 6) is 0.941. The van der Waals surface area contributed by atoms with Crippen molar-refractivity contribution in [2.24, 2.45) is 0 Å². The molecule has 4 heteroatoms. The third kappa shape index (κ3) is 2.27. The lowest BCUT2D eigenvalue weighted by molar-refractivity contribution is 0.175. The highest BCUT2D eigenvalue weighted by atomic mass is 32.1. The number of nitrogens with zero attached hydrogens (tertiary/aromatic N) is 2. The van der Waals surface area contributed by atoms with Crippen molar-refractivity contribution in [2.75, 3.05) is 0 Å². The molecule has 2 aromatic heterocycles. The minimum atomic E-state index is -0.441. The van der Waals surface area contributed by atoms with Crippen molar-refractivity contribution in [3.8, 4) is 0 Å². The summed E-state index contributed by atoms with van der Waals surface area (Å²) in [4.78, 5) is 4.24. The predicted molar refractivity (Wildman–Crippen MR) is 60.9 cm³/mol. The van der Waals surface area contributed by atoms with Gasteiger partial charge in [-0.2, -0.15) is 11.3 Å². The second-order valence-corrected chi connectivity index (χ2v) is 4.19. The van der Waals surface area contributed by atoms with E-state index in [4.69, 9.17) is 0 Å². The molecule has 0 aliphatic rings. The van der Waals surface area contributed by atoms with E-state index in [1.807, 2.05) is 23.0 Å². The molecule has 0 spiro atoms. The Morgan fingerprint density at radius 3 is 3.13 bits per heavy atom. The van der Waals surface area contributed by atoms with Crippen LogP contribution < -0.4 is 0 Å². The number of hydrogen-bond donors (Lipinski definition) is 1. The Balaban J connectivity index is 2.09. The number of imidazole rings is 1. The SMILES string of the molecule is CCn1ccnc1CC(O)c1ccsc1. The Kier molecular flexibility index (Phi) is 3.18. The predicted octanol–water partition coefficient (Wildman–Crippen LogP) is 2.24. The molecule has 3 nitrogen and oxygen atoms in total. The van der Waals surface area contributed by atoms with Gasteiger partial charge in [0.05, 0.1) is 6.10 Å². The van der Waals surface area contributed by atoms with Crippen LogP contribution >= 0.6 is 11.3 Å². The van der Waals surface area contributed by atoms with Crippen LogP contribution in [-0.4, -0.2) is 14.7 Å². The lowest BCUT2D eigenvalue weighted by Crippen LogP contribution is -2.07. The molecule has 0 saturated heterocycles. The number of aliphatic hydroxyl groups excluding tert-OH is 1. The molecule has 1 N–H and O–H groups in total. The summed E-state index contributed by atoms with van der Waals surface area (Å²) < 4.78 is 2.05. The van der Waals surface area contributed by atoms with E-state index in [9.17, 15) is 5.11 Å². The molecule has 0 aliphatic heterocycles. The summed E-state index contributed by atoms with van der Waals surface area (Å²) in [5.41, 5.74) is 0.977. The van der Waals surface area contributed by atoms with Gasteiger partial charge < -0.3 is 9.67 Å². The normalized spacial score (nSPS) is 12.9. The maximum Gasteiger partial charge on any atom is 0.111 e. The first-order valence-electron chi connectivity index (χ1n) is 5.01. The third-order valence-corrected chi connectivity index (χ3v) is 3.15. The summed E-state index contributed by atoms with van der Waals surface area (Å²) in [6.07, 6.45) is 3.86. The fourth-order valence-electron chi connectivity index (χ4n) is 1.57. The van der Waals surface area contributed by atoms with E-state index in [1.165, 1.54) is 0 Å². The number of hydrogen-bond acceptors (Lipinski definition) is 3. The summed E-state index contributed by atoms with van der Waals surface area (Å²) in [5, 5.41) is 13.9. The maximum atomic E-state index is 9.95. The molecule has 0 saturated carbocycles. The van der Waals surface area contributed by atoms with Crippen LogP contribution in [0.25, 0.3) is 0 Å². The molecule has 0 aromatic carbocycles. The van der Waals surface area contributed by atoms with Gasteiger partial charge in [-0.05, 0) is 29.3 Å². The van der Waals surface area contributed by atoms with Crippen molar-refractivity contribution < 1.29 is 5.11 Å². The average molecular weight is 222 g/mol. The first-order chi connectivity index (χ1) is 7.31. The van der Waals surface area contributed by atoms with Gasteiger partial charge in [-0.15, -0.1) is 0 Å². The molecule has 0 fully saturated rings. The Labute approximate surface area is 93.0 Å². The first kappa shape index (κ1) is 10.4. The molecule has 2 aromatic rings. The van der Waals surface area contributed by atoms with Gasteiger partial charge in [0, 0.05) is 25.4 Å². The van der Waals surface area contributed by atoms with Crippen molar-refractivity contribution in [1.29, 1.82) is 0 Å². The quantitative estimate of drug-likeness (QED) is 0.861. The second kappa shape index (κ2) is 4.59. The Bertz CT molecular complexity index is 408. The van der Waals surface area contributed by atoms with Crippen molar-refractivity contribution in [2.45, 2.75) is 26.0 Å². The van der Waals surface area contributed by atoms with E-state index in [0.29, 0.717) is 6.42 Å². The van der Waals surface area contributed by atoms with E-state index < -0.39 is 6.10 Å². The zero-order valence-corrected chi connectivity index (χ0v) is 9.44. The van der Waals surface area contributed by atoms with E-state index in [1.54, 1.807) is 17.5 Å². The molecular formula is C11H14N2OS. The highest BCUT2D eigenvalue weighted by molar-refractivity contribution is 7.07. The monoisotopic (exact) mass is 222 g/mol. The van der Waals surface area contributed by atoms with Crippen LogP contribution in [-0.2, 0) is 13.0 Å². The fraction of sp³-hybridized carbons (Fsp3) is 0.364. The van der Waals surface area contributed by atoms with E-state index in [-0.39, 0.29) is 0 Å². The molecule has 0 radical (unpaired) electrons. The van der Waals surface area contributed by atoms with E-state index >= 15 is 0 Å². The fourth-order valence-corrected chi connectivity index (χ4v) is 2.28. The standard InChI is InChI=1S/C11H14N2OS/c1-2-13-5-4-12-11(13)7-10(14)9-3-6-15-8-9/h3-6,8,10,14H,2,7H2,1H3. The topological polar surface area (TPSA) is 38.0 Å². The number of aryl methyl sites for hydroxylation is 1. The molecule has 2 rings (SSSR count). The zero-order valence-electron chi connectivity index (χ0n) is 8.63. The first-order valence-corrected chi connectivity index (χ1v) is 5.95. The van der Waals surface area contributed by atoms with Crippen molar-refractivity contribution in [3.05, 3.63) is 40.6 Å². The van der Waals surface area contributed by atoms with Gasteiger partial charge in [-0.1, -0.05) is 0 Å². The van der Waals surface area contributed by atoms with Crippen molar-refractivity contribution in [3.63, 3.8) is 0 Å². The van der Waals surface area contributed by atoms with E-state index in [0.717, 1.165) is 17.9 Å². The average Bonchev–Trinajstić information content (AvgIpc) is 2.87. The summed E-state index contributed by atoms with van der Waals surface area (Å²) >= 11 is 1.60. The van der Waals surface area contributed by atoms with Crippen LogP contribution in [0.1, 0.15) is 24.4 Å². The van der Waals surface area contributed by atoms with Crippen LogP contribution in [0.5, 0.6) is 0 Å². The molecule has 80 valence electrons. The molecular weight excluding hydrogens is 208 g/mol. The lowest BCUT2D eigenvalue weighted by Gasteiger charge is -2.09. The third-order valence-electron chi connectivity index (χ3n) is 2.45. The minimum absolute atomic E-state index is 0.441. The molecule has 2 heterocycles. The number of thiophene rings is 1. The molecule has 0 aliphatic carbocycles. The number of rotatable bonds is 4. The summed E-state index contributed by atoms with van der Waals surface area (Å²) in [6, 6.07) is 1.95. The number of aliphatic hydroxyl groups is 1. The van der Waals surface area contributed by atoms with Gasteiger partial charge in [-0.25, -0.2) is 4.98 Å². The number of aromatic nitrogens is 2.